The number of nitriles is 1. The number of halogens is 1. The monoisotopic (exact) mass is 617 g/mol. The molecule has 0 unspecified atom stereocenters. The number of likely N-dealkylation sites (tertiary alicyclic amines) is 1. The minimum atomic E-state index is -0.568. The van der Waals surface area contributed by atoms with Crippen LogP contribution in [0.25, 0.3) is 11.0 Å². The number of hydrogen-bond donors (Lipinski definition) is 0. The molecule has 2 fully saturated rings. The van der Waals surface area contributed by atoms with Gasteiger partial charge < -0.3 is 18.8 Å². The molecule has 0 aliphatic carbocycles. The van der Waals surface area contributed by atoms with E-state index in [1.54, 1.807) is 12.1 Å². The molecule has 2 aliphatic rings. The maximum absolute atomic E-state index is 13.7. The first-order chi connectivity index (χ1) is 21.1. The van der Waals surface area contributed by atoms with Gasteiger partial charge in [-0.1, -0.05) is 6.07 Å². The van der Waals surface area contributed by atoms with Crippen molar-refractivity contribution in [3.8, 4) is 11.9 Å². The van der Waals surface area contributed by atoms with E-state index in [-0.39, 0.29) is 23.6 Å². The SMILES string of the molecule is CC(C)(C)OC(=O)c1ccc2nc(CN3CCC(c4cccc(OCc5cc(F)c(C#N)s5)n4)CC3)n(C[C@@H]3CCO3)c2c1. The third kappa shape index (κ3) is 6.93. The zero-order valence-corrected chi connectivity index (χ0v) is 26.0. The predicted octanol–water partition coefficient (Wildman–Crippen LogP) is 6.21. The number of fused-ring (bicyclic) bond motifs is 1. The average Bonchev–Trinajstić information content (AvgIpc) is 3.51. The highest BCUT2D eigenvalue weighted by atomic mass is 32.1. The van der Waals surface area contributed by atoms with E-state index in [1.165, 1.54) is 6.07 Å². The number of rotatable bonds is 9. The van der Waals surface area contributed by atoms with Crippen LogP contribution in [0, 0.1) is 17.1 Å². The predicted molar refractivity (Wildman–Crippen MR) is 164 cm³/mol. The first-order valence-electron chi connectivity index (χ1n) is 15.0. The van der Waals surface area contributed by atoms with Crippen LogP contribution in [0.3, 0.4) is 0 Å². The smallest absolute Gasteiger partial charge is 0.338 e. The fourth-order valence-electron chi connectivity index (χ4n) is 5.63. The number of thiophene rings is 1. The Kier molecular flexibility index (Phi) is 8.67. The molecule has 1 atom stereocenters. The molecule has 2 aliphatic heterocycles. The molecule has 5 heterocycles. The van der Waals surface area contributed by atoms with E-state index >= 15 is 0 Å². The molecule has 4 aromatic rings. The number of piperidine rings is 1. The van der Waals surface area contributed by atoms with Crippen LogP contribution in [0.5, 0.6) is 5.88 Å². The number of carbonyl (C=O) groups is 1. The van der Waals surface area contributed by atoms with Gasteiger partial charge in [-0.15, -0.1) is 11.3 Å². The van der Waals surface area contributed by atoms with Crippen LogP contribution < -0.4 is 4.74 Å². The first kappa shape index (κ1) is 30.2. The van der Waals surface area contributed by atoms with Crippen LogP contribution in [0.2, 0.25) is 0 Å². The van der Waals surface area contributed by atoms with Crippen LogP contribution in [0.1, 0.15) is 77.6 Å². The fourth-order valence-corrected chi connectivity index (χ4v) is 6.37. The largest absolute Gasteiger partial charge is 0.472 e. The lowest BCUT2D eigenvalue weighted by atomic mass is 9.93. The van der Waals surface area contributed by atoms with E-state index in [1.807, 2.05) is 51.1 Å². The van der Waals surface area contributed by atoms with E-state index < -0.39 is 11.4 Å². The molecule has 0 amide bonds. The number of ether oxygens (including phenoxy) is 3. The number of benzene rings is 1. The Morgan fingerprint density at radius 2 is 1.95 bits per heavy atom. The molecule has 0 saturated carbocycles. The Hall–Kier alpha value is -3.85. The summed E-state index contributed by atoms with van der Waals surface area (Å²) in [5.41, 5.74) is 2.71. The molecule has 0 spiro atoms. The van der Waals surface area contributed by atoms with Crippen molar-refractivity contribution in [3.63, 3.8) is 0 Å². The molecular formula is C33H36FN5O4S. The minimum absolute atomic E-state index is 0.0644. The fraction of sp³-hybridized carbons (Fsp3) is 0.455. The number of carbonyl (C=O) groups excluding carboxylic acids is 1. The number of hydrogen-bond acceptors (Lipinski definition) is 9. The van der Waals surface area contributed by atoms with E-state index in [9.17, 15) is 9.18 Å². The van der Waals surface area contributed by atoms with Crippen LogP contribution in [-0.4, -0.2) is 56.8 Å². The summed E-state index contributed by atoms with van der Waals surface area (Å²) in [5, 5.41) is 8.99. The van der Waals surface area contributed by atoms with Gasteiger partial charge in [-0.3, -0.25) is 4.90 Å². The van der Waals surface area contributed by atoms with Crippen molar-refractivity contribution in [2.45, 2.75) is 77.4 Å². The van der Waals surface area contributed by atoms with Crippen LogP contribution >= 0.6 is 11.3 Å². The first-order valence-corrected chi connectivity index (χ1v) is 15.8. The molecule has 3 aromatic heterocycles. The Bertz CT molecular complexity index is 1690. The Morgan fingerprint density at radius 1 is 1.16 bits per heavy atom. The quantitative estimate of drug-likeness (QED) is 0.205. The van der Waals surface area contributed by atoms with Gasteiger partial charge in [0.2, 0.25) is 5.88 Å². The number of nitrogens with zero attached hydrogens (tertiary/aromatic N) is 5. The van der Waals surface area contributed by atoms with Crippen molar-refractivity contribution in [1.82, 2.24) is 19.4 Å². The topological polar surface area (TPSA) is 102 Å². The highest BCUT2D eigenvalue weighted by Crippen LogP contribution is 2.30. The number of pyridine rings is 1. The normalized spacial score (nSPS) is 17.8. The molecule has 0 N–H and O–H groups in total. The molecule has 6 rings (SSSR count). The zero-order chi connectivity index (χ0) is 30.8. The second-order valence-corrected chi connectivity index (χ2v) is 13.5. The van der Waals surface area contributed by atoms with Crippen molar-refractivity contribution < 1.29 is 23.4 Å². The molecule has 0 radical (unpaired) electrons. The zero-order valence-electron chi connectivity index (χ0n) is 25.2. The Morgan fingerprint density at radius 3 is 2.64 bits per heavy atom. The molecule has 11 heteroatoms. The van der Waals surface area contributed by atoms with Gasteiger partial charge >= 0.3 is 5.97 Å². The molecule has 1 aromatic carbocycles. The molecule has 9 nitrogen and oxygen atoms in total. The molecule has 230 valence electrons. The highest BCUT2D eigenvalue weighted by molar-refractivity contribution is 7.12. The summed E-state index contributed by atoms with van der Waals surface area (Å²) < 4.78 is 33.2. The number of aromatic nitrogens is 3. The molecule has 0 bridgehead atoms. The average molecular weight is 618 g/mol. The molecule has 44 heavy (non-hydrogen) atoms. The summed E-state index contributed by atoms with van der Waals surface area (Å²) in [6.07, 6.45) is 3.06. The Balaban J connectivity index is 1.11. The summed E-state index contributed by atoms with van der Waals surface area (Å²) >= 11 is 1.10. The number of esters is 1. The van der Waals surface area contributed by atoms with E-state index in [0.29, 0.717) is 35.3 Å². The lowest BCUT2D eigenvalue weighted by Crippen LogP contribution is -2.35. The second-order valence-electron chi connectivity index (χ2n) is 12.4. The third-order valence-electron chi connectivity index (χ3n) is 7.96. The van der Waals surface area contributed by atoms with Gasteiger partial charge in [0.15, 0.2) is 5.82 Å². The third-order valence-corrected chi connectivity index (χ3v) is 8.95. The van der Waals surface area contributed by atoms with Crippen LogP contribution in [0.15, 0.2) is 42.5 Å². The summed E-state index contributed by atoms with van der Waals surface area (Å²) in [4.78, 5) is 25.7. The molecule has 2 saturated heterocycles. The minimum Gasteiger partial charge on any atom is -0.472 e. The van der Waals surface area contributed by atoms with Gasteiger partial charge in [-0.05, 0) is 83.5 Å². The van der Waals surface area contributed by atoms with Crippen molar-refractivity contribution in [1.29, 1.82) is 5.26 Å². The summed E-state index contributed by atoms with van der Waals surface area (Å²) in [6, 6.07) is 14.6. The van der Waals surface area contributed by atoms with Crippen molar-refractivity contribution in [3.05, 3.63) is 75.1 Å². The van der Waals surface area contributed by atoms with E-state index in [2.05, 4.69) is 9.47 Å². The maximum atomic E-state index is 13.7. The second kappa shape index (κ2) is 12.6. The van der Waals surface area contributed by atoms with Crippen LogP contribution in [-0.2, 0) is 29.2 Å². The van der Waals surface area contributed by atoms with Gasteiger partial charge in [0.05, 0.1) is 35.8 Å². The Labute approximate surface area is 260 Å². The summed E-state index contributed by atoms with van der Waals surface area (Å²) in [6.45, 7) is 9.75. The van der Waals surface area contributed by atoms with Crippen LogP contribution in [0.4, 0.5) is 4.39 Å². The summed E-state index contributed by atoms with van der Waals surface area (Å²) in [7, 11) is 0. The lowest BCUT2D eigenvalue weighted by Gasteiger charge is -2.32. The maximum Gasteiger partial charge on any atom is 0.338 e. The van der Waals surface area contributed by atoms with Gasteiger partial charge in [-0.25, -0.2) is 19.2 Å². The van der Waals surface area contributed by atoms with Crippen molar-refractivity contribution in [2.24, 2.45) is 0 Å². The van der Waals surface area contributed by atoms with E-state index in [4.69, 9.17) is 29.4 Å². The number of imidazole rings is 1. The summed E-state index contributed by atoms with van der Waals surface area (Å²) in [5.74, 6) is 0.912. The highest BCUT2D eigenvalue weighted by Gasteiger charge is 2.27. The lowest BCUT2D eigenvalue weighted by molar-refractivity contribution is -0.0592. The van der Waals surface area contributed by atoms with Gasteiger partial charge in [0, 0.05) is 29.2 Å². The van der Waals surface area contributed by atoms with Gasteiger partial charge in [-0.2, -0.15) is 5.26 Å². The van der Waals surface area contributed by atoms with Crippen molar-refractivity contribution >= 4 is 28.3 Å². The standard InChI is InChI=1S/C33H36FN5O4S/c1-33(2,3)43-32(40)22-7-8-27-28(15-22)39(18-23-11-14-41-23)30(36-27)19-38-12-9-21(10-13-38)26-5-4-6-31(37-26)42-20-24-16-25(34)29(17-35)44-24/h4-8,15-16,21,23H,9-14,18-20H2,1-3H3/t23-/m0/s1. The van der Waals surface area contributed by atoms with Crippen molar-refractivity contribution in [2.75, 3.05) is 19.7 Å². The van der Waals surface area contributed by atoms with E-state index in [0.717, 1.165) is 72.8 Å². The van der Waals surface area contributed by atoms with Gasteiger partial charge in [0.25, 0.3) is 0 Å². The van der Waals surface area contributed by atoms with Gasteiger partial charge in [0.1, 0.15) is 29.0 Å². The molecular weight excluding hydrogens is 581 g/mol.